The lowest BCUT2D eigenvalue weighted by Crippen LogP contribution is -2.45. The summed E-state index contributed by atoms with van der Waals surface area (Å²) in [5.74, 6) is 2.37. The Kier molecular flexibility index (Phi) is 2.99. The third-order valence-corrected chi connectivity index (χ3v) is 4.32. The fourth-order valence-corrected chi connectivity index (χ4v) is 2.97. The molecule has 0 N–H and O–H groups in total. The lowest BCUT2D eigenvalue weighted by molar-refractivity contribution is 0.171. The van der Waals surface area contributed by atoms with E-state index in [2.05, 4.69) is 48.2 Å². The van der Waals surface area contributed by atoms with Crippen LogP contribution in [0.5, 0.6) is 11.5 Å². The SMILES string of the molecule is Cc1ccc(C2CN(c3ccc4c(c3)OCCO4)C2)cc1. The molecule has 0 spiro atoms. The molecular weight excluding hydrogens is 262 g/mol. The zero-order valence-electron chi connectivity index (χ0n) is 12.2. The second kappa shape index (κ2) is 4.99. The molecule has 4 rings (SSSR count). The topological polar surface area (TPSA) is 21.7 Å². The van der Waals surface area contributed by atoms with Gasteiger partial charge in [0.2, 0.25) is 0 Å². The first-order chi connectivity index (χ1) is 10.3. The van der Waals surface area contributed by atoms with E-state index in [1.54, 1.807) is 0 Å². The van der Waals surface area contributed by atoms with Gasteiger partial charge in [-0.1, -0.05) is 29.8 Å². The highest BCUT2D eigenvalue weighted by atomic mass is 16.6. The first-order valence-corrected chi connectivity index (χ1v) is 7.51. The number of aryl methyl sites for hydroxylation is 1. The summed E-state index contributed by atoms with van der Waals surface area (Å²) in [7, 11) is 0. The molecule has 0 unspecified atom stereocenters. The molecule has 2 aliphatic heterocycles. The van der Waals surface area contributed by atoms with E-state index in [9.17, 15) is 0 Å². The maximum Gasteiger partial charge on any atom is 0.163 e. The molecule has 3 heteroatoms. The Morgan fingerprint density at radius 1 is 0.905 bits per heavy atom. The highest BCUT2D eigenvalue weighted by Gasteiger charge is 2.29. The lowest BCUT2D eigenvalue weighted by Gasteiger charge is -2.41. The molecule has 0 amide bonds. The van der Waals surface area contributed by atoms with Crippen LogP contribution in [0.1, 0.15) is 17.0 Å². The van der Waals surface area contributed by atoms with Crippen LogP contribution >= 0.6 is 0 Å². The average Bonchev–Trinajstić information content (AvgIpc) is 2.48. The van der Waals surface area contributed by atoms with E-state index in [0.717, 1.165) is 24.6 Å². The zero-order chi connectivity index (χ0) is 14.2. The van der Waals surface area contributed by atoms with Crippen molar-refractivity contribution in [2.24, 2.45) is 0 Å². The van der Waals surface area contributed by atoms with Crippen LogP contribution in [0.4, 0.5) is 5.69 Å². The van der Waals surface area contributed by atoms with Gasteiger partial charge in [0, 0.05) is 30.8 Å². The molecule has 2 aromatic carbocycles. The van der Waals surface area contributed by atoms with Crippen molar-refractivity contribution in [1.82, 2.24) is 0 Å². The zero-order valence-corrected chi connectivity index (χ0v) is 12.2. The van der Waals surface area contributed by atoms with Gasteiger partial charge in [0.15, 0.2) is 11.5 Å². The van der Waals surface area contributed by atoms with Crippen LogP contribution in [-0.2, 0) is 0 Å². The summed E-state index contributed by atoms with van der Waals surface area (Å²) in [5.41, 5.74) is 3.98. The molecule has 0 bridgehead atoms. The van der Waals surface area contributed by atoms with E-state index in [-0.39, 0.29) is 0 Å². The first-order valence-electron chi connectivity index (χ1n) is 7.51. The van der Waals surface area contributed by atoms with Crippen LogP contribution in [0.3, 0.4) is 0 Å². The van der Waals surface area contributed by atoms with Gasteiger partial charge in [0.25, 0.3) is 0 Å². The number of rotatable bonds is 2. The third-order valence-electron chi connectivity index (χ3n) is 4.32. The molecule has 1 fully saturated rings. The number of anilines is 1. The van der Waals surface area contributed by atoms with Crippen LogP contribution in [-0.4, -0.2) is 26.3 Å². The van der Waals surface area contributed by atoms with Crippen molar-refractivity contribution in [3.63, 3.8) is 0 Å². The van der Waals surface area contributed by atoms with Crippen LogP contribution in [0.25, 0.3) is 0 Å². The summed E-state index contributed by atoms with van der Waals surface area (Å²) >= 11 is 0. The van der Waals surface area contributed by atoms with Crippen molar-refractivity contribution in [3.8, 4) is 11.5 Å². The minimum Gasteiger partial charge on any atom is -0.486 e. The lowest BCUT2D eigenvalue weighted by atomic mass is 9.90. The molecule has 1 saturated heterocycles. The second-order valence-electron chi connectivity index (χ2n) is 5.84. The molecule has 108 valence electrons. The van der Waals surface area contributed by atoms with E-state index < -0.39 is 0 Å². The quantitative estimate of drug-likeness (QED) is 0.842. The highest BCUT2D eigenvalue weighted by Crippen LogP contribution is 2.38. The van der Waals surface area contributed by atoms with Gasteiger partial charge in [0.1, 0.15) is 13.2 Å². The molecule has 2 aromatic rings. The summed E-state index contributed by atoms with van der Waals surface area (Å²) < 4.78 is 11.2. The fourth-order valence-electron chi connectivity index (χ4n) is 2.97. The number of hydrogen-bond acceptors (Lipinski definition) is 3. The largest absolute Gasteiger partial charge is 0.486 e. The smallest absolute Gasteiger partial charge is 0.163 e. The molecule has 0 radical (unpaired) electrons. The summed E-state index contributed by atoms with van der Waals surface area (Å²) in [6, 6.07) is 15.1. The van der Waals surface area contributed by atoms with Crippen LogP contribution in [0.15, 0.2) is 42.5 Å². The molecule has 2 aliphatic rings. The fraction of sp³-hybridized carbons (Fsp3) is 0.333. The Balaban J connectivity index is 1.46. The molecule has 0 saturated carbocycles. The Hall–Kier alpha value is -2.16. The Morgan fingerprint density at radius 2 is 1.62 bits per heavy atom. The van der Waals surface area contributed by atoms with Gasteiger partial charge in [-0.25, -0.2) is 0 Å². The molecule has 3 nitrogen and oxygen atoms in total. The van der Waals surface area contributed by atoms with Gasteiger partial charge in [-0.3, -0.25) is 0 Å². The number of ether oxygens (including phenoxy) is 2. The van der Waals surface area contributed by atoms with E-state index in [1.165, 1.54) is 16.8 Å². The van der Waals surface area contributed by atoms with E-state index in [4.69, 9.17) is 9.47 Å². The minimum atomic E-state index is 0.638. The number of nitrogens with zero attached hydrogens (tertiary/aromatic N) is 1. The monoisotopic (exact) mass is 281 g/mol. The van der Waals surface area contributed by atoms with Gasteiger partial charge < -0.3 is 14.4 Å². The predicted octanol–water partition coefficient (Wildman–Crippen LogP) is 3.37. The normalized spacial score (nSPS) is 17.5. The van der Waals surface area contributed by atoms with Gasteiger partial charge in [-0.15, -0.1) is 0 Å². The molecule has 0 atom stereocenters. The van der Waals surface area contributed by atoms with Gasteiger partial charge in [-0.2, -0.15) is 0 Å². The van der Waals surface area contributed by atoms with E-state index >= 15 is 0 Å². The van der Waals surface area contributed by atoms with Crippen molar-refractivity contribution in [1.29, 1.82) is 0 Å². The maximum absolute atomic E-state index is 5.66. The molecule has 0 aromatic heterocycles. The summed E-state index contributed by atoms with van der Waals surface area (Å²) in [6.07, 6.45) is 0. The first kappa shape index (κ1) is 12.6. The van der Waals surface area contributed by atoms with Crippen molar-refractivity contribution in [3.05, 3.63) is 53.6 Å². The Morgan fingerprint density at radius 3 is 2.38 bits per heavy atom. The van der Waals surface area contributed by atoms with E-state index in [1.807, 2.05) is 6.07 Å². The average molecular weight is 281 g/mol. The number of hydrogen-bond donors (Lipinski definition) is 0. The standard InChI is InChI=1S/C18H19NO2/c1-13-2-4-14(5-3-13)15-11-19(12-15)16-6-7-17-18(10-16)21-9-8-20-17/h2-7,10,15H,8-9,11-12H2,1H3. The maximum atomic E-state index is 5.66. The van der Waals surface area contributed by atoms with Gasteiger partial charge >= 0.3 is 0 Å². The minimum absolute atomic E-state index is 0.638. The van der Waals surface area contributed by atoms with Crippen molar-refractivity contribution >= 4 is 5.69 Å². The third kappa shape index (κ3) is 2.33. The van der Waals surface area contributed by atoms with Crippen molar-refractivity contribution in [2.75, 3.05) is 31.2 Å². The highest BCUT2D eigenvalue weighted by molar-refractivity contribution is 5.59. The Bertz CT molecular complexity index is 645. The molecule has 2 heterocycles. The molecule has 21 heavy (non-hydrogen) atoms. The van der Waals surface area contributed by atoms with E-state index in [0.29, 0.717) is 19.1 Å². The van der Waals surface area contributed by atoms with Crippen molar-refractivity contribution in [2.45, 2.75) is 12.8 Å². The number of benzene rings is 2. The van der Waals surface area contributed by atoms with Gasteiger partial charge in [0.05, 0.1) is 0 Å². The predicted molar refractivity (Wildman–Crippen MR) is 83.6 cm³/mol. The second-order valence-corrected chi connectivity index (χ2v) is 5.84. The number of fused-ring (bicyclic) bond motifs is 1. The summed E-state index contributed by atoms with van der Waals surface area (Å²) in [5, 5.41) is 0. The van der Waals surface area contributed by atoms with Gasteiger partial charge in [-0.05, 0) is 24.6 Å². The van der Waals surface area contributed by atoms with Crippen LogP contribution in [0.2, 0.25) is 0 Å². The summed E-state index contributed by atoms with van der Waals surface area (Å²) in [6.45, 7) is 5.56. The van der Waals surface area contributed by atoms with Crippen LogP contribution < -0.4 is 14.4 Å². The van der Waals surface area contributed by atoms with Crippen LogP contribution in [0, 0.1) is 6.92 Å². The summed E-state index contributed by atoms with van der Waals surface area (Å²) in [4.78, 5) is 2.39. The van der Waals surface area contributed by atoms with Crippen molar-refractivity contribution < 1.29 is 9.47 Å². The molecule has 0 aliphatic carbocycles. The Labute approximate surface area is 125 Å². The molecular formula is C18H19NO2.